The van der Waals surface area contributed by atoms with Crippen molar-refractivity contribution in [2.75, 3.05) is 0 Å². The first-order valence-corrected chi connectivity index (χ1v) is 6.42. The SMILES string of the molecule is Fc1cc2c3c(cc(F)c(F)c3c1F)-c1c(F)c(F)c(F)c(F)c1-2. The molecule has 0 heterocycles. The smallest absolute Gasteiger partial charge is 0.198 e. The molecule has 0 fully saturated rings. The summed E-state index contributed by atoms with van der Waals surface area (Å²) in [6, 6.07) is 0.786. The summed E-state index contributed by atoms with van der Waals surface area (Å²) < 4.78 is 110. The van der Waals surface area contributed by atoms with Crippen molar-refractivity contribution in [3.63, 3.8) is 0 Å². The average Bonchev–Trinajstić information content (AvgIpc) is 2.85. The van der Waals surface area contributed by atoms with Crippen LogP contribution in [0.15, 0.2) is 12.1 Å². The Morgan fingerprint density at radius 1 is 0.417 bits per heavy atom. The Labute approximate surface area is 127 Å². The highest BCUT2D eigenvalue weighted by Crippen LogP contribution is 2.52. The molecule has 4 rings (SSSR count). The molecule has 0 nitrogen and oxygen atoms in total. The Kier molecular flexibility index (Phi) is 2.77. The van der Waals surface area contributed by atoms with E-state index in [0.717, 1.165) is 0 Å². The number of hydrogen-bond donors (Lipinski definition) is 0. The lowest BCUT2D eigenvalue weighted by Crippen LogP contribution is -2.00. The molecule has 0 aliphatic heterocycles. The van der Waals surface area contributed by atoms with Crippen LogP contribution in [0, 0.1) is 46.5 Å². The van der Waals surface area contributed by atoms with Gasteiger partial charge in [0, 0.05) is 16.5 Å². The third-order valence-corrected chi connectivity index (χ3v) is 3.99. The van der Waals surface area contributed by atoms with Crippen molar-refractivity contribution in [1.82, 2.24) is 0 Å². The van der Waals surface area contributed by atoms with Crippen LogP contribution in [0.5, 0.6) is 0 Å². The highest BCUT2D eigenvalue weighted by Gasteiger charge is 2.36. The molecule has 24 heavy (non-hydrogen) atoms. The van der Waals surface area contributed by atoms with Crippen LogP contribution in [0.1, 0.15) is 0 Å². The van der Waals surface area contributed by atoms with E-state index in [1.165, 1.54) is 0 Å². The molecule has 122 valence electrons. The minimum atomic E-state index is -2.17. The van der Waals surface area contributed by atoms with Crippen molar-refractivity contribution in [2.45, 2.75) is 0 Å². The van der Waals surface area contributed by atoms with Crippen LogP contribution in [0.4, 0.5) is 35.1 Å². The Balaban J connectivity index is 2.36. The van der Waals surface area contributed by atoms with Gasteiger partial charge in [0.05, 0.1) is 5.39 Å². The number of rotatable bonds is 0. The maximum atomic E-state index is 14.1. The normalized spacial score (nSPS) is 12.2. The molecular formula is C16H2F8. The molecule has 0 atom stereocenters. The summed E-state index contributed by atoms with van der Waals surface area (Å²) >= 11 is 0. The second-order valence-corrected chi connectivity index (χ2v) is 5.20. The predicted octanol–water partition coefficient (Wildman–Crippen LogP) is 5.60. The molecule has 8 heteroatoms. The van der Waals surface area contributed by atoms with Gasteiger partial charge in [0.15, 0.2) is 46.5 Å². The summed E-state index contributed by atoms with van der Waals surface area (Å²) in [4.78, 5) is 0. The largest absolute Gasteiger partial charge is 0.204 e. The summed E-state index contributed by atoms with van der Waals surface area (Å²) in [5.41, 5.74) is -3.03. The summed E-state index contributed by atoms with van der Waals surface area (Å²) in [6.07, 6.45) is 0. The van der Waals surface area contributed by atoms with E-state index in [1.54, 1.807) is 0 Å². The first-order valence-electron chi connectivity index (χ1n) is 6.42. The molecule has 1 aliphatic rings. The molecule has 0 N–H and O–H groups in total. The molecule has 0 bridgehead atoms. The zero-order valence-corrected chi connectivity index (χ0v) is 11.2. The lowest BCUT2D eigenvalue weighted by atomic mass is 10.0. The van der Waals surface area contributed by atoms with Gasteiger partial charge in [-0.25, -0.2) is 35.1 Å². The first kappa shape index (κ1) is 14.9. The molecule has 0 spiro atoms. The van der Waals surface area contributed by atoms with Gasteiger partial charge in [-0.2, -0.15) is 0 Å². The van der Waals surface area contributed by atoms with Crippen molar-refractivity contribution < 1.29 is 35.1 Å². The molecule has 3 aromatic rings. The quantitative estimate of drug-likeness (QED) is 0.221. The van der Waals surface area contributed by atoms with Gasteiger partial charge in [0.2, 0.25) is 0 Å². The highest BCUT2D eigenvalue weighted by atomic mass is 19.2. The van der Waals surface area contributed by atoms with Gasteiger partial charge in [0.25, 0.3) is 0 Å². The van der Waals surface area contributed by atoms with Crippen molar-refractivity contribution >= 4 is 10.8 Å². The Bertz CT molecular complexity index is 1000. The zero-order valence-electron chi connectivity index (χ0n) is 11.2. The lowest BCUT2D eigenvalue weighted by molar-refractivity contribution is 0.412. The van der Waals surface area contributed by atoms with E-state index in [4.69, 9.17) is 0 Å². The molecule has 0 unspecified atom stereocenters. The van der Waals surface area contributed by atoms with E-state index in [9.17, 15) is 35.1 Å². The van der Waals surface area contributed by atoms with Gasteiger partial charge in [-0.3, -0.25) is 0 Å². The highest BCUT2D eigenvalue weighted by molar-refractivity contribution is 6.15. The summed E-state index contributed by atoms with van der Waals surface area (Å²) in [6.45, 7) is 0. The third-order valence-electron chi connectivity index (χ3n) is 3.99. The molecule has 0 saturated heterocycles. The molecule has 3 aromatic carbocycles. The standard InChI is InChI=1S/C16H2F8/c17-5-1-3-7-4(2-6(18)12(20)10(7)11(5)19)9-8(3)13(21)15(23)16(24)14(9)22/h1-2H. The van der Waals surface area contributed by atoms with E-state index in [-0.39, 0.29) is 0 Å². The lowest BCUT2D eigenvalue weighted by Gasteiger charge is -2.07. The van der Waals surface area contributed by atoms with Crippen LogP contribution in [-0.4, -0.2) is 0 Å². The number of benzene rings is 3. The third kappa shape index (κ3) is 1.53. The summed E-state index contributed by atoms with van der Waals surface area (Å²) in [5.74, 6) is -15.0. The monoisotopic (exact) mass is 346 g/mol. The minimum Gasteiger partial charge on any atom is -0.204 e. The molecule has 1 aliphatic carbocycles. The summed E-state index contributed by atoms with van der Waals surface area (Å²) in [7, 11) is 0. The van der Waals surface area contributed by atoms with E-state index in [2.05, 4.69) is 0 Å². The number of fused-ring (bicyclic) bond motifs is 3. The van der Waals surface area contributed by atoms with Gasteiger partial charge in [-0.1, -0.05) is 0 Å². The minimum absolute atomic E-state index is 0.393. The van der Waals surface area contributed by atoms with Crippen LogP contribution in [0.25, 0.3) is 33.0 Å². The molecule has 0 saturated carbocycles. The van der Waals surface area contributed by atoms with Gasteiger partial charge in [0.1, 0.15) is 0 Å². The van der Waals surface area contributed by atoms with Crippen LogP contribution in [0.3, 0.4) is 0 Å². The van der Waals surface area contributed by atoms with Gasteiger partial charge in [-0.15, -0.1) is 0 Å². The van der Waals surface area contributed by atoms with Crippen LogP contribution < -0.4 is 0 Å². The second-order valence-electron chi connectivity index (χ2n) is 5.20. The second kappa shape index (κ2) is 4.46. The van der Waals surface area contributed by atoms with Crippen molar-refractivity contribution in [2.24, 2.45) is 0 Å². The van der Waals surface area contributed by atoms with Gasteiger partial charge < -0.3 is 0 Å². The Morgan fingerprint density at radius 3 is 1.17 bits per heavy atom. The van der Waals surface area contributed by atoms with Crippen molar-refractivity contribution in [3.05, 3.63) is 58.7 Å². The van der Waals surface area contributed by atoms with Crippen LogP contribution in [0.2, 0.25) is 0 Å². The fourth-order valence-corrected chi connectivity index (χ4v) is 3.03. The Hall–Kier alpha value is -2.64. The van der Waals surface area contributed by atoms with E-state index in [0.29, 0.717) is 12.1 Å². The predicted molar refractivity (Wildman–Crippen MR) is 68.0 cm³/mol. The molecule has 0 amide bonds. The van der Waals surface area contributed by atoms with Crippen LogP contribution >= 0.6 is 0 Å². The first-order chi connectivity index (χ1) is 11.3. The number of hydrogen-bond acceptors (Lipinski definition) is 0. The van der Waals surface area contributed by atoms with Gasteiger partial charge >= 0.3 is 0 Å². The van der Waals surface area contributed by atoms with E-state index < -0.39 is 79.6 Å². The molecule has 0 radical (unpaired) electrons. The Morgan fingerprint density at radius 2 is 0.792 bits per heavy atom. The average molecular weight is 346 g/mol. The van der Waals surface area contributed by atoms with Crippen molar-refractivity contribution in [3.8, 4) is 22.3 Å². The van der Waals surface area contributed by atoms with E-state index in [1.807, 2.05) is 0 Å². The van der Waals surface area contributed by atoms with Crippen LogP contribution in [-0.2, 0) is 0 Å². The number of halogens is 8. The molecular weight excluding hydrogens is 344 g/mol. The fraction of sp³-hybridized carbons (Fsp3) is 0. The summed E-state index contributed by atoms with van der Waals surface area (Å²) in [5, 5.41) is -1.75. The van der Waals surface area contributed by atoms with E-state index >= 15 is 0 Å². The maximum absolute atomic E-state index is 14.1. The maximum Gasteiger partial charge on any atom is 0.198 e. The molecule has 0 aromatic heterocycles. The van der Waals surface area contributed by atoms with Gasteiger partial charge in [-0.05, 0) is 23.3 Å². The zero-order chi connectivity index (χ0) is 17.5. The van der Waals surface area contributed by atoms with Crippen molar-refractivity contribution in [1.29, 1.82) is 0 Å². The topological polar surface area (TPSA) is 0 Å². The fourth-order valence-electron chi connectivity index (χ4n) is 3.03.